The Bertz CT molecular complexity index is 901. The van der Waals surface area contributed by atoms with Gasteiger partial charge in [0.1, 0.15) is 5.75 Å². The van der Waals surface area contributed by atoms with E-state index in [1.165, 1.54) is 24.3 Å². The predicted molar refractivity (Wildman–Crippen MR) is 88.2 cm³/mol. The smallest absolute Gasteiger partial charge is 0.387 e. The summed E-state index contributed by atoms with van der Waals surface area (Å²) in [4.78, 5) is 16.5. The minimum atomic E-state index is -2.92. The molecule has 120 valence electrons. The van der Waals surface area contributed by atoms with Crippen molar-refractivity contribution in [1.82, 2.24) is 4.98 Å². The lowest BCUT2D eigenvalue weighted by Gasteiger charge is -2.05. The number of nitrogens with zero attached hydrogens (tertiary/aromatic N) is 1. The van der Waals surface area contributed by atoms with Crippen molar-refractivity contribution in [1.29, 1.82) is 0 Å². The van der Waals surface area contributed by atoms with Crippen LogP contribution in [0.5, 0.6) is 5.75 Å². The minimum absolute atomic E-state index is 0.0430. The van der Waals surface area contributed by atoms with Gasteiger partial charge in [-0.25, -0.2) is 0 Å². The number of para-hydroxylation sites is 1. The zero-order chi connectivity index (χ0) is 16.9. The third-order valence-electron chi connectivity index (χ3n) is 3.44. The first-order valence-electron chi connectivity index (χ1n) is 7.24. The molecule has 1 heterocycles. The zero-order valence-corrected chi connectivity index (χ0v) is 12.5. The number of ether oxygens (including phenoxy) is 1. The number of hydrogen-bond donors (Lipinski definition) is 0. The molecular weight excluding hydrogens is 312 g/mol. The molecule has 0 unspecified atom stereocenters. The molecule has 0 radical (unpaired) electrons. The van der Waals surface area contributed by atoms with Crippen molar-refractivity contribution in [2.75, 3.05) is 0 Å². The molecule has 3 rings (SSSR count). The summed E-state index contributed by atoms with van der Waals surface area (Å²) in [7, 11) is 0. The van der Waals surface area contributed by atoms with E-state index < -0.39 is 6.61 Å². The molecule has 2 aromatic carbocycles. The number of fused-ring (bicyclic) bond motifs is 1. The molecule has 0 spiro atoms. The number of ketones is 1. The number of aromatic nitrogens is 1. The maximum Gasteiger partial charge on any atom is 0.387 e. The van der Waals surface area contributed by atoms with Gasteiger partial charge in [0, 0.05) is 17.1 Å². The molecule has 0 aliphatic carbocycles. The average Bonchev–Trinajstić information content (AvgIpc) is 2.59. The Balaban J connectivity index is 1.85. The second kappa shape index (κ2) is 7.00. The number of halogens is 2. The maximum absolute atomic E-state index is 12.2. The standard InChI is InChI=1S/C19H13F2NO2/c20-19(21)24-15-5-3-4-14(12-15)18(23)9-8-13-10-11-22-17-7-2-1-6-16(13)17/h1-12,19H/b9-8+. The number of alkyl halides is 2. The van der Waals surface area contributed by atoms with Crippen molar-refractivity contribution in [3.05, 3.63) is 78.0 Å². The van der Waals surface area contributed by atoms with Gasteiger partial charge in [0.15, 0.2) is 5.78 Å². The van der Waals surface area contributed by atoms with Gasteiger partial charge in [0.05, 0.1) is 5.52 Å². The van der Waals surface area contributed by atoms with Crippen LogP contribution in [0.1, 0.15) is 15.9 Å². The van der Waals surface area contributed by atoms with Gasteiger partial charge in [-0.15, -0.1) is 0 Å². The number of carbonyl (C=O) groups excluding carboxylic acids is 1. The van der Waals surface area contributed by atoms with E-state index in [1.54, 1.807) is 18.3 Å². The van der Waals surface area contributed by atoms with E-state index in [0.29, 0.717) is 0 Å². The van der Waals surface area contributed by atoms with Gasteiger partial charge in [0.2, 0.25) is 0 Å². The Morgan fingerprint density at radius 3 is 2.75 bits per heavy atom. The van der Waals surface area contributed by atoms with E-state index in [9.17, 15) is 13.6 Å². The SMILES string of the molecule is O=C(/C=C/c1ccnc2ccccc12)c1cccc(OC(F)F)c1. The Morgan fingerprint density at radius 2 is 1.92 bits per heavy atom. The Morgan fingerprint density at radius 1 is 1.08 bits per heavy atom. The van der Waals surface area contributed by atoms with Crippen molar-refractivity contribution in [3.8, 4) is 5.75 Å². The lowest BCUT2D eigenvalue weighted by Crippen LogP contribution is -2.03. The zero-order valence-electron chi connectivity index (χ0n) is 12.5. The normalized spacial score (nSPS) is 11.3. The van der Waals surface area contributed by atoms with Crippen LogP contribution in [0.3, 0.4) is 0 Å². The van der Waals surface area contributed by atoms with E-state index in [0.717, 1.165) is 16.5 Å². The molecule has 0 amide bonds. The topological polar surface area (TPSA) is 39.2 Å². The molecule has 5 heteroatoms. The van der Waals surface area contributed by atoms with Crippen LogP contribution in [-0.2, 0) is 0 Å². The average molecular weight is 325 g/mol. The highest BCUT2D eigenvalue weighted by Gasteiger charge is 2.08. The van der Waals surface area contributed by atoms with Crippen LogP contribution >= 0.6 is 0 Å². The van der Waals surface area contributed by atoms with E-state index in [1.807, 2.05) is 30.3 Å². The maximum atomic E-state index is 12.2. The van der Waals surface area contributed by atoms with Crippen LogP contribution in [0, 0.1) is 0 Å². The first kappa shape index (κ1) is 15.8. The van der Waals surface area contributed by atoms with Gasteiger partial charge in [-0.1, -0.05) is 36.4 Å². The highest BCUT2D eigenvalue weighted by atomic mass is 19.3. The molecule has 0 saturated heterocycles. The molecule has 3 nitrogen and oxygen atoms in total. The second-order valence-corrected chi connectivity index (χ2v) is 5.02. The van der Waals surface area contributed by atoms with Crippen molar-refractivity contribution in [2.45, 2.75) is 6.61 Å². The first-order valence-corrected chi connectivity index (χ1v) is 7.24. The molecule has 1 aromatic heterocycles. The van der Waals surface area contributed by atoms with Crippen molar-refractivity contribution in [2.24, 2.45) is 0 Å². The quantitative estimate of drug-likeness (QED) is 0.503. The van der Waals surface area contributed by atoms with E-state index in [2.05, 4.69) is 9.72 Å². The Hall–Kier alpha value is -3.08. The third kappa shape index (κ3) is 3.63. The van der Waals surface area contributed by atoms with Crippen LogP contribution in [0.2, 0.25) is 0 Å². The summed E-state index contributed by atoms with van der Waals surface area (Å²) in [5, 5.41) is 0.929. The monoisotopic (exact) mass is 325 g/mol. The Kier molecular flexibility index (Phi) is 4.61. The van der Waals surface area contributed by atoms with Crippen LogP contribution in [-0.4, -0.2) is 17.4 Å². The number of hydrogen-bond acceptors (Lipinski definition) is 3. The van der Waals surface area contributed by atoms with Gasteiger partial charge in [0.25, 0.3) is 0 Å². The molecule has 0 aliphatic rings. The highest BCUT2D eigenvalue weighted by molar-refractivity contribution is 6.07. The summed E-state index contributed by atoms with van der Waals surface area (Å²) in [6.45, 7) is -2.92. The van der Waals surface area contributed by atoms with Crippen LogP contribution in [0.15, 0.2) is 66.9 Å². The molecule has 24 heavy (non-hydrogen) atoms. The number of allylic oxidation sites excluding steroid dienone is 1. The largest absolute Gasteiger partial charge is 0.435 e. The van der Waals surface area contributed by atoms with Gasteiger partial charge < -0.3 is 4.74 Å². The van der Waals surface area contributed by atoms with Crippen LogP contribution in [0.25, 0.3) is 17.0 Å². The summed E-state index contributed by atoms with van der Waals surface area (Å²) >= 11 is 0. The summed E-state index contributed by atoms with van der Waals surface area (Å²) in [6, 6.07) is 15.1. The van der Waals surface area contributed by atoms with Crippen molar-refractivity contribution < 1.29 is 18.3 Å². The van der Waals surface area contributed by atoms with Gasteiger partial charge in [-0.2, -0.15) is 8.78 Å². The number of rotatable bonds is 5. The predicted octanol–water partition coefficient (Wildman–Crippen LogP) is 4.73. The van der Waals surface area contributed by atoms with Gasteiger partial charge in [-0.3, -0.25) is 9.78 Å². The molecule has 0 N–H and O–H groups in total. The fraction of sp³-hybridized carbons (Fsp3) is 0.0526. The molecule has 0 fully saturated rings. The van der Waals surface area contributed by atoms with Gasteiger partial charge >= 0.3 is 6.61 Å². The van der Waals surface area contributed by atoms with Crippen LogP contribution < -0.4 is 4.74 Å². The molecule has 0 saturated carbocycles. The number of pyridine rings is 1. The molecule has 0 aliphatic heterocycles. The van der Waals surface area contributed by atoms with E-state index in [4.69, 9.17) is 0 Å². The molecule has 0 bridgehead atoms. The summed E-state index contributed by atoms with van der Waals surface area (Å²) in [5.74, 6) is -0.339. The van der Waals surface area contributed by atoms with Crippen molar-refractivity contribution in [3.63, 3.8) is 0 Å². The minimum Gasteiger partial charge on any atom is -0.435 e. The molecular formula is C19H13F2NO2. The fourth-order valence-corrected chi connectivity index (χ4v) is 2.35. The highest BCUT2D eigenvalue weighted by Crippen LogP contribution is 2.19. The molecule has 3 aromatic rings. The second-order valence-electron chi connectivity index (χ2n) is 5.02. The van der Waals surface area contributed by atoms with Crippen LogP contribution in [0.4, 0.5) is 8.78 Å². The van der Waals surface area contributed by atoms with Crippen molar-refractivity contribution >= 4 is 22.8 Å². The number of carbonyl (C=O) groups is 1. The third-order valence-corrected chi connectivity index (χ3v) is 3.44. The summed E-state index contributed by atoms with van der Waals surface area (Å²) in [5.41, 5.74) is 1.97. The first-order chi connectivity index (χ1) is 11.6. The summed E-state index contributed by atoms with van der Waals surface area (Å²) < 4.78 is 28.8. The number of benzene rings is 2. The lowest BCUT2D eigenvalue weighted by atomic mass is 10.1. The summed E-state index contributed by atoms with van der Waals surface area (Å²) in [6.07, 6.45) is 4.76. The lowest BCUT2D eigenvalue weighted by molar-refractivity contribution is -0.0498. The van der Waals surface area contributed by atoms with E-state index >= 15 is 0 Å². The fourth-order valence-electron chi connectivity index (χ4n) is 2.35. The Labute approximate surface area is 137 Å². The van der Waals surface area contributed by atoms with E-state index in [-0.39, 0.29) is 17.1 Å². The molecule has 0 atom stereocenters. The van der Waals surface area contributed by atoms with Gasteiger partial charge in [-0.05, 0) is 35.9 Å².